The van der Waals surface area contributed by atoms with Crippen LogP contribution in [0.4, 0.5) is 0 Å². The Morgan fingerprint density at radius 2 is 1.28 bits per heavy atom. The highest BCUT2D eigenvalue weighted by atomic mass is 16.5. The molecule has 2 amide bonds. The Labute approximate surface area is 275 Å². The maximum Gasteiger partial charge on any atom is 0.248 e. The monoisotopic (exact) mass is 626 g/mol. The molecule has 46 heavy (non-hydrogen) atoms. The van der Waals surface area contributed by atoms with E-state index in [1.807, 2.05) is 12.1 Å². The summed E-state index contributed by atoms with van der Waals surface area (Å²) in [5, 5.41) is 0. The van der Waals surface area contributed by atoms with E-state index in [0.29, 0.717) is 41.2 Å². The summed E-state index contributed by atoms with van der Waals surface area (Å²) >= 11 is 0. The summed E-state index contributed by atoms with van der Waals surface area (Å²) < 4.78 is 5.87. The van der Waals surface area contributed by atoms with Crippen LogP contribution >= 0.6 is 0 Å². The third-order valence-corrected chi connectivity index (χ3v) is 13.5. The summed E-state index contributed by atoms with van der Waals surface area (Å²) in [6, 6.07) is 13.4. The average molecular weight is 627 g/mol. The molecule has 3 aliphatic carbocycles. The molecule has 1 saturated carbocycles. The first-order chi connectivity index (χ1) is 22.0. The fraction of sp³-hybridized carbons (Fsp3) is 0.641. The molecular formula is C39H54N4O3. The number of ether oxygens (including phenoxy) is 1. The van der Waals surface area contributed by atoms with Gasteiger partial charge in [-0.05, 0) is 140 Å². The first kappa shape index (κ1) is 31.8. The van der Waals surface area contributed by atoms with Gasteiger partial charge in [-0.15, -0.1) is 0 Å². The number of likely N-dealkylation sites (tertiary alicyclic amines) is 2. The highest BCUT2D eigenvalue weighted by Crippen LogP contribution is 2.50. The molecule has 4 N–H and O–H groups in total. The third kappa shape index (κ3) is 5.60. The number of benzene rings is 2. The SMILES string of the molecule is C[C@H]1C2Cc3ccc(C(N)=O)cc3[C@]1(C)CCN2CC1CC1.C[C@H]1[C@H]2Cc3ccc(C(N)=O)cc3[C@]1(C)CCN2C[C@@H]1CCCO1. The zero-order valence-electron chi connectivity index (χ0n) is 28.4. The van der Waals surface area contributed by atoms with E-state index in [1.54, 1.807) is 0 Å². The number of fused-ring (bicyclic) bond motifs is 8. The van der Waals surface area contributed by atoms with Crippen molar-refractivity contribution in [1.82, 2.24) is 9.80 Å². The van der Waals surface area contributed by atoms with Gasteiger partial charge in [-0.3, -0.25) is 19.4 Å². The lowest BCUT2D eigenvalue weighted by molar-refractivity contribution is -0.00666. The number of primary amides is 2. The molecule has 1 unspecified atom stereocenters. The molecule has 3 heterocycles. The Balaban J connectivity index is 0.000000147. The molecule has 2 aromatic rings. The van der Waals surface area contributed by atoms with E-state index in [9.17, 15) is 9.59 Å². The van der Waals surface area contributed by atoms with Crippen LogP contribution in [0.3, 0.4) is 0 Å². The Kier molecular flexibility index (Phi) is 8.34. The molecule has 0 radical (unpaired) electrons. The Hall–Kier alpha value is -2.74. The number of nitrogens with two attached hydrogens (primary N) is 2. The number of hydrogen-bond donors (Lipinski definition) is 2. The van der Waals surface area contributed by atoms with E-state index in [0.717, 1.165) is 44.9 Å². The van der Waals surface area contributed by atoms with Crippen molar-refractivity contribution in [2.24, 2.45) is 29.2 Å². The minimum Gasteiger partial charge on any atom is -0.377 e. The third-order valence-electron chi connectivity index (χ3n) is 13.5. The Bertz CT molecular complexity index is 1500. The maximum absolute atomic E-state index is 11.6. The lowest BCUT2D eigenvalue weighted by Gasteiger charge is -2.55. The first-order valence-corrected chi connectivity index (χ1v) is 17.9. The number of hydrogen-bond acceptors (Lipinski definition) is 5. The number of amides is 2. The molecule has 7 nitrogen and oxygen atoms in total. The summed E-state index contributed by atoms with van der Waals surface area (Å²) in [7, 11) is 0. The second-order valence-electron chi connectivity index (χ2n) is 16.0. The predicted octanol–water partition coefficient (Wildman–Crippen LogP) is 5.21. The summed E-state index contributed by atoms with van der Waals surface area (Å²) in [5.41, 5.74) is 18.2. The van der Waals surface area contributed by atoms with Crippen LogP contribution in [-0.4, -0.2) is 72.6 Å². The fourth-order valence-corrected chi connectivity index (χ4v) is 9.86. The first-order valence-electron chi connectivity index (χ1n) is 17.9. The molecule has 0 aromatic heterocycles. The summed E-state index contributed by atoms with van der Waals surface area (Å²) in [6.45, 7) is 15.1. The van der Waals surface area contributed by atoms with Crippen molar-refractivity contribution in [3.63, 3.8) is 0 Å². The largest absolute Gasteiger partial charge is 0.377 e. The molecule has 3 aliphatic heterocycles. The Morgan fingerprint density at radius 3 is 1.72 bits per heavy atom. The van der Waals surface area contributed by atoms with Crippen molar-refractivity contribution < 1.29 is 14.3 Å². The topological polar surface area (TPSA) is 102 Å². The quantitative estimate of drug-likeness (QED) is 0.459. The smallest absolute Gasteiger partial charge is 0.248 e. The highest BCUT2D eigenvalue weighted by Gasteiger charge is 2.50. The van der Waals surface area contributed by atoms with Crippen molar-refractivity contribution in [2.45, 2.75) is 108 Å². The van der Waals surface area contributed by atoms with Gasteiger partial charge >= 0.3 is 0 Å². The van der Waals surface area contributed by atoms with Gasteiger partial charge in [-0.2, -0.15) is 0 Å². The zero-order chi connectivity index (χ0) is 32.4. The molecule has 4 bridgehead atoms. The van der Waals surface area contributed by atoms with Gasteiger partial charge in [0.2, 0.25) is 11.8 Å². The molecule has 7 atom stereocenters. The molecular weight excluding hydrogens is 572 g/mol. The van der Waals surface area contributed by atoms with Crippen LogP contribution in [-0.2, 0) is 28.4 Å². The molecule has 6 aliphatic rings. The van der Waals surface area contributed by atoms with Crippen molar-refractivity contribution in [2.75, 3.05) is 32.8 Å². The summed E-state index contributed by atoms with van der Waals surface area (Å²) in [6.07, 6.45) is 10.2. The van der Waals surface area contributed by atoms with Crippen LogP contribution < -0.4 is 11.5 Å². The summed E-state index contributed by atoms with van der Waals surface area (Å²) in [5.74, 6) is 1.52. The van der Waals surface area contributed by atoms with Crippen LogP contribution in [0.5, 0.6) is 0 Å². The average Bonchev–Trinajstić information content (AvgIpc) is 3.70. The zero-order valence-corrected chi connectivity index (χ0v) is 28.4. The predicted molar refractivity (Wildman–Crippen MR) is 182 cm³/mol. The van der Waals surface area contributed by atoms with Gasteiger partial charge in [0, 0.05) is 42.9 Å². The molecule has 4 fully saturated rings. The standard InChI is InChI=1S/C20H28N2O2.C19H26N2O/c1-13-18-11-14-5-6-15(19(21)23)10-17(14)20(13,2)7-8-22(18)12-16-4-3-9-24-16;1-12-17-10-14-5-6-15(18(20)22)9-16(14)19(12,2)7-8-21(17)11-13-3-4-13/h5-6,10,13,16,18H,3-4,7-9,11-12H2,1-2H3,(H2,21,23);5-6,9,12-13,17H,3-4,7-8,10-11H2,1-2H3,(H2,20,22)/t13-,16-,18+,20+;12-,17?,19+/m00/s1. The summed E-state index contributed by atoms with van der Waals surface area (Å²) in [4.78, 5) is 28.5. The molecule has 8 rings (SSSR count). The number of carbonyl (C=O) groups excluding carboxylic acids is 2. The van der Waals surface area contributed by atoms with Crippen LogP contribution in [0.1, 0.15) is 109 Å². The van der Waals surface area contributed by atoms with Gasteiger partial charge in [-0.1, -0.05) is 39.8 Å². The van der Waals surface area contributed by atoms with E-state index < -0.39 is 0 Å². The van der Waals surface area contributed by atoms with E-state index >= 15 is 0 Å². The maximum atomic E-state index is 11.6. The minimum atomic E-state index is -0.327. The number of rotatable bonds is 6. The van der Waals surface area contributed by atoms with Gasteiger partial charge in [-0.25, -0.2) is 0 Å². The van der Waals surface area contributed by atoms with Gasteiger partial charge < -0.3 is 16.2 Å². The van der Waals surface area contributed by atoms with E-state index in [2.05, 4.69) is 61.8 Å². The van der Waals surface area contributed by atoms with Crippen molar-refractivity contribution in [1.29, 1.82) is 0 Å². The van der Waals surface area contributed by atoms with Crippen LogP contribution in [0.25, 0.3) is 0 Å². The van der Waals surface area contributed by atoms with Gasteiger partial charge in [0.15, 0.2) is 0 Å². The molecule has 7 heteroatoms. The molecule has 2 aromatic carbocycles. The van der Waals surface area contributed by atoms with Gasteiger partial charge in [0.05, 0.1) is 6.10 Å². The second-order valence-corrected chi connectivity index (χ2v) is 16.0. The number of nitrogens with zero attached hydrogens (tertiary/aromatic N) is 2. The normalized spacial score (nSPS) is 35.0. The van der Waals surface area contributed by atoms with Crippen molar-refractivity contribution in [3.8, 4) is 0 Å². The van der Waals surface area contributed by atoms with Crippen molar-refractivity contribution in [3.05, 3.63) is 69.8 Å². The lowest BCUT2D eigenvalue weighted by Crippen LogP contribution is -2.59. The van der Waals surface area contributed by atoms with Crippen LogP contribution in [0.15, 0.2) is 36.4 Å². The second kappa shape index (κ2) is 12.1. The number of piperidine rings is 2. The van der Waals surface area contributed by atoms with Crippen LogP contribution in [0.2, 0.25) is 0 Å². The fourth-order valence-electron chi connectivity index (χ4n) is 9.86. The van der Waals surface area contributed by atoms with E-state index in [-0.39, 0.29) is 22.6 Å². The van der Waals surface area contributed by atoms with Crippen molar-refractivity contribution >= 4 is 11.8 Å². The Morgan fingerprint density at radius 1 is 0.783 bits per heavy atom. The highest BCUT2D eigenvalue weighted by molar-refractivity contribution is 5.93. The minimum absolute atomic E-state index is 0.136. The van der Waals surface area contributed by atoms with E-state index in [1.165, 1.54) is 67.4 Å². The molecule has 3 saturated heterocycles. The van der Waals surface area contributed by atoms with Gasteiger partial charge in [0.1, 0.15) is 0 Å². The lowest BCUT2D eigenvalue weighted by atomic mass is 9.59. The van der Waals surface area contributed by atoms with Gasteiger partial charge in [0.25, 0.3) is 0 Å². The molecule has 0 spiro atoms. The van der Waals surface area contributed by atoms with Crippen LogP contribution in [0, 0.1) is 17.8 Å². The number of carbonyl (C=O) groups is 2. The molecule has 248 valence electrons. The van der Waals surface area contributed by atoms with E-state index in [4.69, 9.17) is 16.2 Å².